The number of allylic oxidation sites excluding steroid dienone is 1. The van der Waals surface area contributed by atoms with Gasteiger partial charge in [-0.05, 0) is 80.5 Å². The van der Waals surface area contributed by atoms with Crippen LogP contribution < -0.4 is 62.7 Å². The largest absolute Gasteiger partial charge is 1.00 e. The molecule has 224 valence electrons. The number of alkyl halides is 3. The molecule has 6 rings (SSSR count). The minimum Gasteiger partial charge on any atom is -0.500 e. The van der Waals surface area contributed by atoms with Gasteiger partial charge in [-0.25, -0.2) is 0 Å². The first-order valence-electron chi connectivity index (χ1n) is 15.2. The second-order valence-corrected chi connectivity index (χ2v) is 24.6. The van der Waals surface area contributed by atoms with Crippen LogP contribution in [0.3, 0.4) is 0 Å². The van der Waals surface area contributed by atoms with Gasteiger partial charge in [-0.2, -0.15) is 11.2 Å². The van der Waals surface area contributed by atoms with Crippen molar-refractivity contribution in [3.8, 4) is 6.07 Å². The van der Waals surface area contributed by atoms with Crippen LogP contribution in [0.15, 0.2) is 30.8 Å². The smallest absolute Gasteiger partial charge is 0.500 e. The maximum Gasteiger partial charge on any atom is 1.00 e. The van der Waals surface area contributed by atoms with Crippen LogP contribution in [-0.4, -0.2) is 10.4 Å². The van der Waals surface area contributed by atoms with Crippen LogP contribution in [0.25, 0.3) is 0 Å². The molecule has 0 N–H and O–H groups in total. The standard InChI is InChI=1S/C22H32IN.C13H16I2.CH3.Li/c1-3-17-8-11-22(14-24)20-7-5-16-12-15(13-23)4-6-18(16)19(20)9-10-21(17,22)2;1-13(2,14-3)15-12-8-6-11(7-9-12)10-4-5-10;;/h15-20,23H,1,4-13H2,2H3;6-9H,3-5H2,1-2H3;1H3;/q;-2;-1;+1/t15-,16+,17-,18-,19+,20+,21+,22+;;;/m0.../s1. The summed E-state index contributed by atoms with van der Waals surface area (Å²) in [5.74, 6) is 6.44. The second-order valence-electron chi connectivity index (χ2n) is 13.6. The number of benzene rings is 1. The minimum absolute atomic E-state index is 0. The van der Waals surface area contributed by atoms with Crippen molar-refractivity contribution in [2.75, 3.05) is 4.43 Å². The van der Waals surface area contributed by atoms with Crippen molar-refractivity contribution in [3.63, 3.8) is 0 Å². The van der Waals surface area contributed by atoms with E-state index in [1.807, 2.05) is 0 Å². The molecule has 0 unspecified atom stereocenters. The Morgan fingerprint density at radius 2 is 1.80 bits per heavy atom. The quantitative estimate of drug-likeness (QED) is 0.175. The number of hydrogen-bond donors (Lipinski definition) is 0. The van der Waals surface area contributed by atoms with E-state index in [0.29, 0.717) is 13.3 Å². The third-order valence-corrected chi connectivity index (χ3v) is 20.5. The molecule has 0 spiro atoms. The van der Waals surface area contributed by atoms with E-state index in [4.69, 9.17) is 0 Å². The average Bonchev–Trinajstić information content (AvgIpc) is 3.75. The van der Waals surface area contributed by atoms with Gasteiger partial charge in [0.25, 0.3) is 22.6 Å². The van der Waals surface area contributed by atoms with Crippen LogP contribution in [0.4, 0.5) is 0 Å². The SMILES string of the molecule is C=IC(C)(C)[I-]c1ccc([C-]2CC2)cc1.C=[C-][C@H]1CC[C@@]2(C#N)[C@@H]3CC[C@@H]4C[C@@H](C[IH+])CC[C@@H]4[C@H]3CC[C@]12C.[CH3-].[Li+]. The fraction of sp³-hybridized carbons (Fsp3) is 0.667. The molecule has 0 amide bonds. The van der Waals surface area contributed by atoms with E-state index in [1.54, 1.807) is 9.49 Å². The van der Waals surface area contributed by atoms with Gasteiger partial charge in [-0.3, -0.25) is 6.58 Å². The Balaban J connectivity index is 0.000000237. The third-order valence-electron chi connectivity index (χ3n) is 11.4. The molecule has 5 saturated carbocycles. The maximum atomic E-state index is 10.3. The van der Waals surface area contributed by atoms with Gasteiger partial charge in [-0.1, -0.05) is 13.3 Å². The van der Waals surface area contributed by atoms with Gasteiger partial charge < -0.3 is 13.5 Å². The monoisotopic (exact) mass is 885 g/mol. The molecular formula is C36H51I3LiN-2. The van der Waals surface area contributed by atoms with Crippen molar-refractivity contribution in [1.82, 2.24) is 0 Å². The number of fused-ring (bicyclic) bond motifs is 5. The van der Waals surface area contributed by atoms with Crippen molar-refractivity contribution in [1.29, 1.82) is 5.26 Å². The molecule has 0 aromatic heterocycles. The van der Waals surface area contributed by atoms with Gasteiger partial charge in [0, 0.05) is 5.92 Å². The summed E-state index contributed by atoms with van der Waals surface area (Å²) in [5, 5.41) is 10.3. The zero-order valence-corrected chi connectivity index (χ0v) is 32.9. The Kier molecular flexibility index (Phi) is 13.4. The van der Waals surface area contributed by atoms with Gasteiger partial charge >= 0.3 is 133 Å². The zero-order chi connectivity index (χ0) is 27.8. The van der Waals surface area contributed by atoms with E-state index in [1.165, 1.54) is 67.8 Å². The molecular weight excluding hydrogens is 834 g/mol. The molecule has 5 aliphatic carbocycles. The fourth-order valence-corrected chi connectivity index (χ4v) is 14.9. The molecule has 5 fully saturated rings. The number of halogens is 3. The fourth-order valence-electron chi connectivity index (χ4n) is 9.10. The summed E-state index contributed by atoms with van der Waals surface area (Å²) in [7, 11) is 0. The van der Waals surface area contributed by atoms with Gasteiger partial charge in [0.15, 0.2) is 0 Å². The Labute approximate surface area is 299 Å². The number of hydrogen-bond acceptors (Lipinski definition) is 1. The van der Waals surface area contributed by atoms with Crippen molar-refractivity contribution in [2.45, 2.75) is 92.8 Å². The van der Waals surface area contributed by atoms with Crippen molar-refractivity contribution < 1.29 is 62.7 Å². The Morgan fingerprint density at radius 1 is 1.10 bits per heavy atom. The first-order valence-corrected chi connectivity index (χ1v) is 21.6. The van der Waals surface area contributed by atoms with Crippen LogP contribution >= 0.6 is 20.7 Å². The Hall–Kier alpha value is 0.977. The van der Waals surface area contributed by atoms with Gasteiger partial charge in [0.05, 0.1) is 11.5 Å². The molecule has 0 heterocycles. The van der Waals surface area contributed by atoms with Crippen molar-refractivity contribution in [3.05, 3.63) is 59.4 Å². The van der Waals surface area contributed by atoms with E-state index >= 15 is 0 Å². The number of nitriles is 1. The first kappa shape index (κ1) is 36.4. The molecule has 0 bridgehead atoms. The summed E-state index contributed by atoms with van der Waals surface area (Å²) in [6.07, 6.45) is 17.9. The van der Waals surface area contributed by atoms with E-state index in [0.717, 1.165) is 36.5 Å². The van der Waals surface area contributed by atoms with Crippen molar-refractivity contribution in [2.24, 2.45) is 46.3 Å². The molecule has 0 aliphatic heterocycles. The molecule has 1 aromatic carbocycles. The molecule has 8 atom stereocenters. The molecule has 1 nitrogen and oxygen atoms in total. The van der Waals surface area contributed by atoms with Crippen LogP contribution in [0.2, 0.25) is 0 Å². The Bertz CT molecular complexity index is 1080. The Morgan fingerprint density at radius 3 is 2.39 bits per heavy atom. The molecule has 5 heteroatoms. The van der Waals surface area contributed by atoms with E-state index in [2.05, 4.69) is 90.9 Å². The minimum atomic E-state index is -0.0850. The van der Waals surface area contributed by atoms with Gasteiger partial charge in [0.1, 0.15) is 4.43 Å². The van der Waals surface area contributed by atoms with Gasteiger partial charge in [0.2, 0.25) is 0 Å². The molecule has 0 radical (unpaired) electrons. The van der Waals surface area contributed by atoms with Gasteiger partial charge in [-0.15, -0.1) is 0 Å². The predicted molar refractivity (Wildman–Crippen MR) is 172 cm³/mol. The normalized spacial score (nSPS) is 37.0. The summed E-state index contributed by atoms with van der Waals surface area (Å²) >= 11 is 2.57. The van der Waals surface area contributed by atoms with E-state index < -0.39 is 0 Å². The third kappa shape index (κ3) is 7.36. The predicted octanol–water partition coefficient (Wildman–Crippen LogP) is 0.295. The first-order chi connectivity index (χ1) is 18.7. The zero-order valence-electron chi connectivity index (χ0n) is 26.3. The van der Waals surface area contributed by atoms with Crippen LogP contribution in [0.1, 0.15) is 97.0 Å². The summed E-state index contributed by atoms with van der Waals surface area (Å²) in [5.41, 5.74) is 1.53. The number of rotatable bonds is 6. The summed E-state index contributed by atoms with van der Waals surface area (Å²) in [4.78, 5) is 0. The van der Waals surface area contributed by atoms with E-state index in [9.17, 15) is 5.26 Å². The van der Waals surface area contributed by atoms with Crippen molar-refractivity contribution >= 4 is 25.2 Å². The number of nitrogens with zero attached hydrogens (tertiary/aromatic N) is 1. The molecule has 41 heavy (non-hydrogen) atoms. The van der Waals surface area contributed by atoms with E-state index in [-0.39, 0.29) is 79.1 Å². The van der Waals surface area contributed by atoms with Crippen LogP contribution in [-0.2, 0) is 0 Å². The maximum absolute atomic E-state index is 10.3. The molecule has 1 aromatic rings. The summed E-state index contributed by atoms with van der Waals surface area (Å²) in [6, 6.07) is 12.2. The average molecular weight is 885 g/mol. The topological polar surface area (TPSA) is 23.8 Å². The van der Waals surface area contributed by atoms with Crippen LogP contribution in [0, 0.1) is 80.7 Å². The summed E-state index contributed by atoms with van der Waals surface area (Å²) in [6.45, 7) is 11.2. The summed E-state index contributed by atoms with van der Waals surface area (Å²) < 4.78 is 7.65. The van der Waals surface area contributed by atoms with Crippen LogP contribution in [0.5, 0.6) is 0 Å². The molecule has 5 aliphatic rings. The second kappa shape index (κ2) is 15.0. The molecule has 0 saturated heterocycles.